The Bertz CT molecular complexity index is 1060. The van der Waals surface area contributed by atoms with Crippen molar-refractivity contribution in [1.82, 2.24) is 10.2 Å². The van der Waals surface area contributed by atoms with E-state index < -0.39 is 34.4 Å². The van der Waals surface area contributed by atoms with Crippen LogP contribution in [0.15, 0.2) is 42.5 Å². The normalized spacial score (nSPS) is 12.2. The molecule has 1 atom stereocenters. The molecule has 0 heterocycles. The van der Waals surface area contributed by atoms with Gasteiger partial charge in [-0.25, -0.2) is 8.42 Å². The highest BCUT2D eigenvalue weighted by Gasteiger charge is 2.30. The molecule has 0 spiro atoms. The molecular formula is C20H22Cl3N3O4S. The average molecular weight is 507 g/mol. The van der Waals surface area contributed by atoms with Crippen LogP contribution in [0.3, 0.4) is 0 Å². The molecule has 0 aliphatic rings. The van der Waals surface area contributed by atoms with Crippen LogP contribution in [0.2, 0.25) is 15.1 Å². The predicted octanol–water partition coefficient (Wildman–Crippen LogP) is 3.58. The molecule has 31 heavy (non-hydrogen) atoms. The van der Waals surface area contributed by atoms with Gasteiger partial charge < -0.3 is 10.2 Å². The van der Waals surface area contributed by atoms with Crippen molar-refractivity contribution in [2.24, 2.45) is 0 Å². The average Bonchev–Trinajstić information content (AvgIpc) is 2.70. The molecule has 0 saturated heterocycles. The van der Waals surface area contributed by atoms with E-state index in [9.17, 15) is 18.0 Å². The fourth-order valence-corrected chi connectivity index (χ4v) is 4.40. The first-order valence-electron chi connectivity index (χ1n) is 9.12. The van der Waals surface area contributed by atoms with E-state index in [-0.39, 0.29) is 17.3 Å². The van der Waals surface area contributed by atoms with Crippen LogP contribution in [0, 0.1) is 0 Å². The lowest BCUT2D eigenvalue weighted by Crippen LogP contribution is -2.50. The van der Waals surface area contributed by atoms with Gasteiger partial charge >= 0.3 is 0 Å². The van der Waals surface area contributed by atoms with E-state index >= 15 is 0 Å². The van der Waals surface area contributed by atoms with Gasteiger partial charge in [-0.3, -0.25) is 13.9 Å². The topological polar surface area (TPSA) is 86.8 Å². The second kappa shape index (κ2) is 10.5. The fraction of sp³-hybridized carbons (Fsp3) is 0.300. The number of hydrogen-bond acceptors (Lipinski definition) is 4. The minimum Gasteiger partial charge on any atom is -0.357 e. The van der Waals surface area contributed by atoms with Crippen LogP contribution in [-0.4, -0.2) is 51.0 Å². The summed E-state index contributed by atoms with van der Waals surface area (Å²) in [4.78, 5) is 26.8. The standard InChI is InChI=1S/C20H22Cl3N3O4S/c1-13(20(28)24-2)25(11-14-4-6-15(21)7-5-14)19(27)12-26(31(3,29)30)18-9-8-16(22)10-17(18)23/h4-10,13H,11-12H2,1-3H3,(H,24,28)/t13-/m0/s1. The fourth-order valence-electron chi connectivity index (χ4n) is 2.86. The second-order valence-electron chi connectivity index (χ2n) is 6.80. The van der Waals surface area contributed by atoms with Gasteiger partial charge in [-0.1, -0.05) is 46.9 Å². The summed E-state index contributed by atoms with van der Waals surface area (Å²) in [5.74, 6) is -0.972. The van der Waals surface area contributed by atoms with Crippen molar-refractivity contribution in [3.63, 3.8) is 0 Å². The van der Waals surface area contributed by atoms with Gasteiger partial charge in [-0.05, 0) is 42.8 Å². The van der Waals surface area contributed by atoms with Crippen molar-refractivity contribution >= 4 is 62.3 Å². The molecule has 168 valence electrons. The van der Waals surface area contributed by atoms with Gasteiger partial charge in [0.15, 0.2) is 0 Å². The van der Waals surface area contributed by atoms with Gasteiger partial charge in [-0.2, -0.15) is 0 Å². The Morgan fingerprint density at radius 1 is 1.03 bits per heavy atom. The van der Waals surface area contributed by atoms with Crippen LogP contribution in [0.1, 0.15) is 12.5 Å². The third-order valence-electron chi connectivity index (χ3n) is 4.54. The molecule has 7 nitrogen and oxygen atoms in total. The summed E-state index contributed by atoms with van der Waals surface area (Å²) >= 11 is 18.0. The van der Waals surface area contributed by atoms with E-state index in [2.05, 4.69) is 5.32 Å². The molecule has 2 amide bonds. The van der Waals surface area contributed by atoms with Crippen molar-refractivity contribution in [1.29, 1.82) is 0 Å². The lowest BCUT2D eigenvalue weighted by molar-refractivity contribution is -0.139. The minimum atomic E-state index is -3.87. The van der Waals surface area contributed by atoms with Gasteiger partial charge in [-0.15, -0.1) is 0 Å². The number of anilines is 1. The van der Waals surface area contributed by atoms with Crippen LogP contribution in [0.4, 0.5) is 5.69 Å². The number of carbonyl (C=O) groups is 2. The van der Waals surface area contributed by atoms with E-state index in [1.165, 1.54) is 30.1 Å². The first-order valence-corrected chi connectivity index (χ1v) is 12.1. The Balaban J connectivity index is 2.40. The van der Waals surface area contributed by atoms with E-state index in [1.807, 2.05) is 0 Å². The van der Waals surface area contributed by atoms with Gasteiger partial charge in [0.2, 0.25) is 21.8 Å². The number of rotatable bonds is 8. The summed E-state index contributed by atoms with van der Waals surface area (Å²) in [5, 5.41) is 3.44. The number of hydrogen-bond donors (Lipinski definition) is 1. The molecule has 0 aliphatic heterocycles. The van der Waals surface area contributed by atoms with E-state index in [0.29, 0.717) is 10.0 Å². The van der Waals surface area contributed by atoms with E-state index in [0.717, 1.165) is 16.1 Å². The zero-order chi connectivity index (χ0) is 23.3. The maximum Gasteiger partial charge on any atom is 0.244 e. The number of amides is 2. The van der Waals surface area contributed by atoms with Crippen LogP contribution in [-0.2, 0) is 26.2 Å². The third-order valence-corrected chi connectivity index (χ3v) is 6.45. The van der Waals surface area contributed by atoms with Crippen molar-refractivity contribution in [3.05, 3.63) is 63.1 Å². The summed E-state index contributed by atoms with van der Waals surface area (Å²) in [7, 11) is -2.41. The van der Waals surface area contributed by atoms with Crippen LogP contribution in [0.25, 0.3) is 0 Å². The highest BCUT2D eigenvalue weighted by molar-refractivity contribution is 7.92. The number of nitrogens with zero attached hydrogens (tertiary/aromatic N) is 2. The third kappa shape index (κ3) is 6.74. The molecule has 2 aromatic carbocycles. The molecule has 0 aromatic heterocycles. The van der Waals surface area contributed by atoms with E-state index in [4.69, 9.17) is 34.8 Å². The molecule has 2 aromatic rings. The number of halogens is 3. The van der Waals surface area contributed by atoms with Gasteiger partial charge in [0, 0.05) is 23.6 Å². The number of carbonyl (C=O) groups excluding carboxylic acids is 2. The number of sulfonamides is 1. The molecule has 0 unspecified atom stereocenters. The van der Waals surface area contributed by atoms with Crippen molar-refractivity contribution in [2.45, 2.75) is 19.5 Å². The largest absolute Gasteiger partial charge is 0.357 e. The summed E-state index contributed by atoms with van der Waals surface area (Å²) in [5.41, 5.74) is 0.838. The Labute approximate surface area is 196 Å². The molecule has 0 aliphatic carbocycles. The highest BCUT2D eigenvalue weighted by atomic mass is 35.5. The molecule has 0 radical (unpaired) electrons. The number of nitrogens with one attached hydrogen (secondary N) is 1. The van der Waals surface area contributed by atoms with Gasteiger partial charge in [0.25, 0.3) is 0 Å². The van der Waals surface area contributed by atoms with Crippen molar-refractivity contribution in [2.75, 3.05) is 24.2 Å². The molecule has 0 bridgehead atoms. The second-order valence-corrected chi connectivity index (χ2v) is 9.99. The number of benzene rings is 2. The van der Waals surface area contributed by atoms with Crippen LogP contribution < -0.4 is 9.62 Å². The zero-order valence-corrected chi connectivity index (χ0v) is 20.2. The molecule has 11 heteroatoms. The molecular weight excluding hydrogens is 485 g/mol. The van der Waals surface area contributed by atoms with E-state index in [1.54, 1.807) is 31.2 Å². The lowest BCUT2D eigenvalue weighted by atomic mass is 10.1. The summed E-state index contributed by atoms with van der Waals surface area (Å²) in [6.07, 6.45) is 0.969. The molecule has 1 N–H and O–H groups in total. The van der Waals surface area contributed by atoms with Crippen molar-refractivity contribution < 1.29 is 18.0 Å². The quantitative estimate of drug-likeness (QED) is 0.593. The van der Waals surface area contributed by atoms with Gasteiger partial charge in [0.1, 0.15) is 12.6 Å². The van der Waals surface area contributed by atoms with Crippen LogP contribution in [0.5, 0.6) is 0 Å². The SMILES string of the molecule is CNC(=O)[C@H](C)N(Cc1ccc(Cl)cc1)C(=O)CN(c1ccc(Cl)cc1Cl)S(C)(=O)=O. The first-order chi connectivity index (χ1) is 14.4. The summed E-state index contributed by atoms with van der Waals surface area (Å²) in [6.45, 7) is 1.10. The Hall–Kier alpha value is -2.00. The Morgan fingerprint density at radius 2 is 1.61 bits per heavy atom. The Kier molecular flexibility index (Phi) is 8.59. The monoisotopic (exact) mass is 505 g/mol. The smallest absolute Gasteiger partial charge is 0.244 e. The Morgan fingerprint density at radius 3 is 2.13 bits per heavy atom. The maximum absolute atomic E-state index is 13.2. The summed E-state index contributed by atoms with van der Waals surface area (Å²) < 4.78 is 25.8. The van der Waals surface area contributed by atoms with Crippen LogP contribution >= 0.6 is 34.8 Å². The minimum absolute atomic E-state index is 0.0781. The molecule has 0 saturated carbocycles. The molecule has 0 fully saturated rings. The number of likely N-dealkylation sites (N-methyl/N-ethyl adjacent to an activating group) is 1. The van der Waals surface area contributed by atoms with Crippen molar-refractivity contribution in [3.8, 4) is 0 Å². The summed E-state index contributed by atoms with van der Waals surface area (Å²) in [6, 6.07) is 10.2. The molecule has 2 rings (SSSR count). The lowest BCUT2D eigenvalue weighted by Gasteiger charge is -2.31. The first kappa shape index (κ1) is 25.3. The maximum atomic E-state index is 13.2. The highest BCUT2D eigenvalue weighted by Crippen LogP contribution is 2.30. The zero-order valence-electron chi connectivity index (χ0n) is 17.1. The predicted molar refractivity (Wildman–Crippen MR) is 124 cm³/mol. The van der Waals surface area contributed by atoms with Gasteiger partial charge in [0.05, 0.1) is 17.0 Å².